The Morgan fingerprint density at radius 3 is 2.00 bits per heavy atom. The van der Waals surface area contributed by atoms with Gasteiger partial charge in [-0.2, -0.15) is 0 Å². The molecule has 3 heteroatoms. The van der Waals surface area contributed by atoms with Crippen LogP contribution in [-0.4, -0.2) is 14.0 Å². The fraction of sp³-hybridized carbons (Fsp3) is 1.00. The van der Waals surface area contributed by atoms with Crippen LogP contribution in [0.3, 0.4) is 0 Å². The van der Waals surface area contributed by atoms with E-state index in [0.29, 0.717) is 0 Å². The summed E-state index contributed by atoms with van der Waals surface area (Å²) in [5.41, 5.74) is 0. The zero-order valence-corrected chi connectivity index (χ0v) is 11.0. The van der Waals surface area contributed by atoms with E-state index in [0.717, 1.165) is 32.1 Å². The van der Waals surface area contributed by atoms with Crippen molar-refractivity contribution in [2.45, 2.75) is 76.9 Å². The molecule has 0 aliphatic carbocycles. The highest BCUT2D eigenvalue weighted by molar-refractivity contribution is 7.79. The van der Waals surface area contributed by atoms with Crippen LogP contribution in [0.5, 0.6) is 0 Å². The van der Waals surface area contributed by atoms with Crippen LogP contribution in [0.1, 0.15) is 71.6 Å². The van der Waals surface area contributed by atoms with Crippen molar-refractivity contribution in [3.05, 3.63) is 0 Å². The molecule has 92 valence electrons. The summed E-state index contributed by atoms with van der Waals surface area (Å²) in [6.07, 6.45) is 9.86. The third-order valence-electron chi connectivity index (χ3n) is 2.78. The van der Waals surface area contributed by atoms with Gasteiger partial charge in [-0.1, -0.05) is 69.9 Å². The Kier molecular flexibility index (Phi) is 10.7. The zero-order chi connectivity index (χ0) is 11.5. The van der Waals surface area contributed by atoms with Crippen LogP contribution in [0.25, 0.3) is 0 Å². The summed E-state index contributed by atoms with van der Waals surface area (Å²) < 4.78 is 21.9. The minimum atomic E-state index is -1.86. The van der Waals surface area contributed by atoms with Crippen molar-refractivity contribution >= 4 is 11.1 Å². The van der Waals surface area contributed by atoms with Gasteiger partial charge in [0.05, 0.1) is 0 Å². The molecule has 0 aliphatic rings. The van der Waals surface area contributed by atoms with E-state index in [4.69, 9.17) is 0 Å². The van der Waals surface area contributed by atoms with E-state index in [-0.39, 0.29) is 5.25 Å². The molecule has 0 aromatic rings. The SMILES string of the molecule is CCCCCCCC(CCCC)S(=O)[O-]. The molecular formula is C12H25O2S-. The Labute approximate surface area is 97.1 Å². The summed E-state index contributed by atoms with van der Waals surface area (Å²) in [5.74, 6) is 0. The lowest BCUT2D eigenvalue weighted by atomic mass is 10.1. The molecule has 0 N–H and O–H groups in total. The van der Waals surface area contributed by atoms with Gasteiger partial charge in [0.15, 0.2) is 0 Å². The van der Waals surface area contributed by atoms with Crippen LogP contribution >= 0.6 is 0 Å². The first-order valence-electron chi connectivity index (χ1n) is 6.30. The van der Waals surface area contributed by atoms with Gasteiger partial charge in [0.25, 0.3) is 0 Å². The number of rotatable bonds is 10. The molecule has 2 unspecified atom stereocenters. The van der Waals surface area contributed by atoms with Gasteiger partial charge in [0.1, 0.15) is 0 Å². The normalized spacial score (nSPS) is 15.1. The molecule has 0 aliphatic heterocycles. The summed E-state index contributed by atoms with van der Waals surface area (Å²) in [5, 5.41) is -0.0911. The number of hydrogen-bond acceptors (Lipinski definition) is 2. The van der Waals surface area contributed by atoms with Gasteiger partial charge >= 0.3 is 0 Å². The second kappa shape index (κ2) is 10.6. The van der Waals surface area contributed by atoms with Crippen molar-refractivity contribution in [1.29, 1.82) is 0 Å². The molecule has 2 nitrogen and oxygen atoms in total. The largest absolute Gasteiger partial charge is 0.772 e. The Bertz CT molecular complexity index is 160. The first-order valence-corrected chi connectivity index (χ1v) is 7.44. The molecule has 0 saturated carbocycles. The second-order valence-corrected chi connectivity index (χ2v) is 5.42. The highest BCUT2D eigenvalue weighted by atomic mass is 32.2. The number of unbranched alkanes of at least 4 members (excludes halogenated alkanes) is 5. The van der Waals surface area contributed by atoms with Gasteiger partial charge in [-0.3, -0.25) is 4.21 Å². The molecule has 0 amide bonds. The fourth-order valence-corrected chi connectivity index (χ4v) is 2.46. The van der Waals surface area contributed by atoms with E-state index in [1.54, 1.807) is 0 Å². The van der Waals surface area contributed by atoms with Crippen LogP contribution in [-0.2, 0) is 11.1 Å². The maximum Gasteiger partial charge on any atom is 0.0215 e. The van der Waals surface area contributed by atoms with Gasteiger partial charge in [-0.05, 0) is 12.8 Å². The van der Waals surface area contributed by atoms with Crippen molar-refractivity contribution in [1.82, 2.24) is 0 Å². The van der Waals surface area contributed by atoms with Crippen molar-refractivity contribution < 1.29 is 8.76 Å². The molecule has 0 saturated heterocycles. The Morgan fingerprint density at radius 2 is 1.47 bits per heavy atom. The maximum absolute atomic E-state index is 10.9. The first kappa shape index (κ1) is 15.1. The van der Waals surface area contributed by atoms with Crippen LogP contribution < -0.4 is 0 Å². The summed E-state index contributed by atoms with van der Waals surface area (Å²) in [6, 6.07) is 0. The van der Waals surface area contributed by atoms with Gasteiger partial charge in [-0.15, -0.1) is 0 Å². The standard InChI is InChI=1S/C12H26O2S/c1-3-5-7-8-9-11-12(15(13)14)10-6-4-2/h12H,3-11H2,1-2H3,(H,13,14)/p-1. The molecule has 15 heavy (non-hydrogen) atoms. The first-order chi connectivity index (χ1) is 7.22. The topological polar surface area (TPSA) is 40.1 Å². The maximum atomic E-state index is 10.9. The highest BCUT2D eigenvalue weighted by Gasteiger charge is 2.07. The van der Waals surface area contributed by atoms with Crippen molar-refractivity contribution in [2.24, 2.45) is 0 Å². The predicted octanol–water partition coefficient (Wildman–Crippen LogP) is 3.78. The lowest BCUT2D eigenvalue weighted by Crippen LogP contribution is -2.14. The molecule has 0 spiro atoms. The smallest absolute Gasteiger partial charge is 0.0215 e. The lowest BCUT2D eigenvalue weighted by Gasteiger charge is -2.19. The van der Waals surface area contributed by atoms with Gasteiger partial charge in [-0.25, -0.2) is 0 Å². The van der Waals surface area contributed by atoms with E-state index in [1.807, 2.05) is 0 Å². The molecule has 0 fully saturated rings. The van der Waals surface area contributed by atoms with Crippen LogP contribution in [0.15, 0.2) is 0 Å². The summed E-state index contributed by atoms with van der Waals surface area (Å²) in [6.45, 7) is 4.29. The zero-order valence-electron chi connectivity index (χ0n) is 10.2. The summed E-state index contributed by atoms with van der Waals surface area (Å²) >= 11 is -1.86. The van der Waals surface area contributed by atoms with E-state index in [1.165, 1.54) is 25.7 Å². The second-order valence-electron chi connectivity index (χ2n) is 4.23. The quantitative estimate of drug-likeness (QED) is 0.425. The molecule has 2 atom stereocenters. The van der Waals surface area contributed by atoms with Crippen molar-refractivity contribution in [3.8, 4) is 0 Å². The van der Waals surface area contributed by atoms with E-state index >= 15 is 0 Å². The molecule has 0 bridgehead atoms. The van der Waals surface area contributed by atoms with E-state index < -0.39 is 11.1 Å². The Morgan fingerprint density at radius 1 is 0.933 bits per heavy atom. The van der Waals surface area contributed by atoms with E-state index in [9.17, 15) is 8.76 Å². The van der Waals surface area contributed by atoms with Crippen LogP contribution in [0, 0.1) is 0 Å². The van der Waals surface area contributed by atoms with E-state index in [2.05, 4.69) is 13.8 Å². The Balaban J connectivity index is 3.53. The summed E-state index contributed by atoms with van der Waals surface area (Å²) in [4.78, 5) is 0. The Hall–Kier alpha value is 0.110. The van der Waals surface area contributed by atoms with Gasteiger partial charge in [0, 0.05) is 5.25 Å². The third-order valence-corrected chi connectivity index (χ3v) is 3.80. The third kappa shape index (κ3) is 9.06. The van der Waals surface area contributed by atoms with Gasteiger partial charge in [0.2, 0.25) is 0 Å². The average Bonchev–Trinajstić information content (AvgIpc) is 2.21. The molecule has 0 aromatic heterocycles. The van der Waals surface area contributed by atoms with Gasteiger partial charge < -0.3 is 4.55 Å². The minimum absolute atomic E-state index is 0.0911. The monoisotopic (exact) mass is 233 g/mol. The molecule has 0 heterocycles. The van der Waals surface area contributed by atoms with Crippen LogP contribution in [0.2, 0.25) is 0 Å². The summed E-state index contributed by atoms with van der Waals surface area (Å²) in [7, 11) is 0. The molecule has 0 radical (unpaired) electrons. The molecular weight excluding hydrogens is 208 g/mol. The lowest BCUT2D eigenvalue weighted by molar-refractivity contribution is 0.491. The number of hydrogen-bond donors (Lipinski definition) is 0. The molecule has 0 rings (SSSR count). The predicted molar refractivity (Wildman–Crippen MR) is 65.6 cm³/mol. The average molecular weight is 233 g/mol. The van der Waals surface area contributed by atoms with Crippen LogP contribution in [0.4, 0.5) is 0 Å². The highest BCUT2D eigenvalue weighted by Crippen LogP contribution is 2.15. The molecule has 0 aromatic carbocycles. The van der Waals surface area contributed by atoms with Crippen molar-refractivity contribution in [3.63, 3.8) is 0 Å². The fourth-order valence-electron chi connectivity index (χ4n) is 1.74. The van der Waals surface area contributed by atoms with Crippen molar-refractivity contribution in [2.75, 3.05) is 0 Å². The minimum Gasteiger partial charge on any atom is -0.772 e.